The van der Waals surface area contributed by atoms with Crippen molar-refractivity contribution in [1.82, 2.24) is 19.7 Å². The summed E-state index contributed by atoms with van der Waals surface area (Å²) in [5, 5.41) is 4.52. The van der Waals surface area contributed by atoms with Crippen LogP contribution in [0.2, 0.25) is 0 Å². The molecule has 0 fully saturated rings. The quantitative estimate of drug-likeness (QED) is 0.876. The van der Waals surface area contributed by atoms with Gasteiger partial charge in [0.2, 0.25) is 0 Å². The molecule has 2 aromatic rings. The minimum atomic E-state index is 0.483. The van der Waals surface area contributed by atoms with Gasteiger partial charge in [-0.1, -0.05) is 6.92 Å². The zero-order chi connectivity index (χ0) is 12.4. The smallest absolute Gasteiger partial charge is 0.127 e. The Kier molecular flexibility index (Phi) is 3.08. The van der Waals surface area contributed by atoms with Gasteiger partial charge in [0.15, 0.2) is 0 Å². The maximum atomic E-state index is 5.68. The van der Waals surface area contributed by atoms with Gasteiger partial charge in [0.05, 0.1) is 11.4 Å². The average molecular weight is 231 g/mol. The summed E-state index contributed by atoms with van der Waals surface area (Å²) >= 11 is 0. The lowest BCUT2D eigenvalue weighted by atomic mass is 10.1. The van der Waals surface area contributed by atoms with Crippen molar-refractivity contribution in [1.29, 1.82) is 0 Å². The zero-order valence-corrected chi connectivity index (χ0v) is 10.4. The number of aromatic nitrogens is 4. The van der Waals surface area contributed by atoms with Crippen LogP contribution in [0.15, 0.2) is 12.4 Å². The second kappa shape index (κ2) is 4.53. The summed E-state index contributed by atoms with van der Waals surface area (Å²) in [4.78, 5) is 8.17. The Morgan fingerprint density at radius 3 is 2.71 bits per heavy atom. The van der Waals surface area contributed by atoms with Crippen LogP contribution in [0, 0.1) is 13.8 Å². The standard InChI is InChI=1S/C12H17N5/c1-4-5-17-9(3)12(8(2)16-17)10-6-11(13)15-7-14-10/h6-7H,4-5H2,1-3H3,(H2,13,14,15). The third-order valence-electron chi connectivity index (χ3n) is 2.76. The maximum absolute atomic E-state index is 5.68. The molecule has 90 valence electrons. The molecule has 2 heterocycles. The maximum Gasteiger partial charge on any atom is 0.127 e. The highest BCUT2D eigenvalue weighted by Crippen LogP contribution is 2.25. The third-order valence-corrected chi connectivity index (χ3v) is 2.76. The molecule has 0 aromatic carbocycles. The Bertz CT molecular complexity index is 530. The lowest BCUT2D eigenvalue weighted by Gasteiger charge is -2.03. The number of anilines is 1. The van der Waals surface area contributed by atoms with Crippen molar-refractivity contribution in [2.75, 3.05) is 5.73 Å². The van der Waals surface area contributed by atoms with Crippen LogP contribution in [0.1, 0.15) is 24.7 Å². The summed E-state index contributed by atoms with van der Waals surface area (Å²) in [7, 11) is 0. The van der Waals surface area contributed by atoms with E-state index >= 15 is 0 Å². The van der Waals surface area contributed by atoms with Crippen molar-refractivity contribution in [2.45, 2.75) is 33.7 Å². The molecule has 5 nitrogen and oxygen atoms in total. The predicted octanol–water partition coefficient (Wildman–Crippen LogP) is 1.95. The van der Waals surface area contributed by atoms with E-state index in [4.69, 9.17) is 5.73 Å². The Morgan fingerprint density at radius 2 is 2.06 bits per heavy atom. The van der Waals surface area contributed by atoms with Gasteiger partial charge in [0.1, 0.15) is 12.1 Å². The van der Waals surface area contributed by atoms with Gasteiger partial charge < -0.3 is 5.73 Å². The van der Waals surface area contributed by atoms with Crippen LogP contribution in [0.4, 0.5) is 5.82 Å². The van der Waals surface area contributed by atoms with Gasteiger partial charge >= 0.3 is 0 Å². The monoisotopic (exact) mass is 231 g/mol. The van der Waals surface area contributed by atoms with Gasteiger partial charge in [-0.2, -0.15) is 5.10 Å². The minimum Gasteiger partial charge on any atom is -0.384 e. The van der Waals surface area contributed by atoms with Crippen LogP contribution in [-0.2, 0) is 6.54 Å². The summed E-state index contributed by atoms with van der Waals surface area (Å²) in [6.07, 6.45) is 2.55. The lowest BCUT2D eigenvalue weighted by molar-refractivity contribution is 0.583. The third kappa shape index (κ3) is 2.13. The molecule has 0 saturated carbocycles. The van der Waals surface area contributed by atoms with Crippen molar-refractivity contribution in [2.24, 2.45) is 0 Å². The fourth-order valence-electron chi connectivity index (χ4n) is 2.01. The molecule has 0 aliphatic heterocycles. The van der Waals surface area contributed by atoms with Gasteiger partial charge in [-0.3, -0.25) is 4.68 Å². The Balaban J connectivity index is 2.52. The van der Waals surface area contributed by atoms with E-state index in [-0.39, 0.29) is 0 Å². The molecule has 2 N–H and O–H groups in total. The molecule has 0 bridgehead atoms. The van der Waals surface area contributed by atoms with E-state index in [9.17, 15) is 0 Å². The molecule has 0 spiro atoms. The molecule has 0 radical (unpaired) electrons. The normalized spacial score (nSPS) is 10.8. The van der Waals surface area contributed by atoms with Crippen molar-refractivity contribution in [3.63, 3.8) is 0 Å². The Hall–Kier alpha value is -1.91. The van der Waals surface area contributed by atoms with E-state index in [0.29, 0.717) is 5.82 Å². The van der Waals surface area contributed by atoms with E-state index in [0.717, 1.165) is 35.6 Å². The molecular formula is C12H17N5. The molecule has 0 aliphatic rings. The highest BCUT2D eigenvalue weighted by atomic mass is 15.3. The minimum absolute atomic E-state index is 0.483. The van der Waals surface area contributed by atoms with Crippen molar-refractivity contribution in [3.8, 4) is 11.3 Å². The van der Waals surface area contributed by atoms with Crippen molar-refractivity contribution < 1.29 is 0 Å². The molecule has 0 saturated heterocycles. The molecule has 0 atom stereocenters. The molecule has 2 rings (SSSR count). The first-order valence-corrected chi connectivity index (χ1v) is 5.75. The number of nitrogen functional groups attached to an aromatic ring is 1. The number of nitrogens with two attached hydrogens (primary N) is 1. The predicted molar refractivity (Wildman–Crippen MR) is 67.4 cm³/mol. The molecule has 5 heteroatoms. The van der Waals surface area contributed by atoms with Gasteiger partial charge in [-0.25, -0.2) is 9.97 Å². The molecule has 0 aliphatic carbocycles. The first-order valence-electron chi connectivity index (χ1n) is 5.75. The van der Waals surface area contributed by atoms with Gasteiger partial charge in [-0.05, 0) is 20.3 Å². The summed E-state index contributed by atoms with van der Waals surface area (Å²) in [6, 6.07) is 1.79. The topological polar surface area (TPSA) is 69.6 Å². The van der Waals surface area contributed by atoms with Gasteiger partial charge in [0.25, 0.3) is 0 Å². The van der Waals surface area contributed by atoms with Crippen molar-refractivity contribution in [3.05, 3.63) is 23.8 Å². The number of hydrogen-bond donors (Lipinski definition) is 1. The second-order valence-electron chi connectivity index (χ2n) is 4.10. The number of rotatable bonds is 3. The number of hydrogen-bond acceptors (Lipinski definition) is 4. The first-order chi connectivity index (χ1) is 8.13. The highest BCUT2D eigenvalue weighted by Gasteiger charge is 2.14. The largest absolute Gasteiger partial charge is 0.384 e. The van der Waals surface area contributed by atoms with Crippen LogP contribution < -0.4 is 5.73 Å². The Morgan fingerprint density at radius 1 is 1.29 bits per heavy atom. The fourth-order valence-corrected chi connectivity index (χ4v) is 2.01. The van der Waals surface area contributed by atoms with E-state index in [1.165, 1.54) is 6.33 Å². The summed E-state index contributed by atoms with van der Waals surface area (Å²) in [5.41, 5.74) is 9.70. The lowest BCUT2D eigenvalue weighted by Crippen LogP contribution is -2.01. The molecular weight excluding hydrogens is 214 g/mol. The van der Waals surface area contributed by atoms with E-state index in [2.05, 4.69) is 28.9 Å². The van der Waals surface area contributed by atoms with E-state index in [1.807, 2.05) is 11.6 Å². The van der Waals surface area contributed by atoms with Crippen LogP contribution in [0.5, 0.6) is 0 Å². The molecule has 2 aromatic heterocycles. The molecule has 0 amide bonds. The van der Waals surface area contributed by atoms with Crippen molar-refractivity contribution >= 4 is 5.82 Å². The van der Waals surface area contributed by atoms with Crippen LogP contribution in [0.25, 0.3) is 11.3 Å². The van der Waals surface area contributed by atoms with Crippen LogP contribution in [0.3, 0.4) is 0 Å². The summed E-state index contributed by atoms with van der Waals surface area (Å²) < 4.78 is 2.02. The van der Waals surface area contributed by atoms with Gasteiger partial charge in [0, 0.05) is 23.9 Å². The highest BCUT2D eigenvalue weighted by molar-refractivity contribution is 5.66. The molecule has 0 unspecified atom stereocenters. The number of aryl methyl sites for hydroxylation is 2. The first kappa shape index (κ1) is 11.6. The van der Waals surface area contributed by atoms with Gasteiger partial charge in [-0.15, -0.1) is 0 Å². The van der Waals surface area contributed by atoms with E-state index in [1.54, 1.807) is 6.07 Å². The van der Waals surface area contributed by atoms with Crippen LogP contribution in [-0.4, -0.2) is 19.7 Å². The fraction of sp³-hybridized carbons (Fsp3) is 0.417. The summed E-state index contributed by atoms with van der Waals surface area (Å²) in [6.45, 7) is 7.11. The molecule has 17 heavy (non-hydrogen) atoms. The SMILES string of the molecule is CCCn1nc(C)c(-c2cc(N)ncn2)c1C. The summed E-state index contributed by atoms with van der Waals surface area (Å²) in [5.74, 6) is 0.483. The second-order valence-corrected chi connectivity index (χ2v) is 4.10. The van der Waals surface area contributed by atoms with Crippen LogP contribution >= 0.6 is 0 Å². The average Bonchev–Trinajstić information content (AvgIpc) is 2.55. The van der Waals surface area contributed by atoms with E-state index < -0.39 is 0 Å². The Labute approximate surface area is 101 Å². The number of nitrogens with zero attached hydrogens (tertiary/aromatic N) is 4. The zero-order valence-electron chi connectivity index (χ0n) is 10.4.